The van der Waals surface area contributed by atoms with E-state index in [-0.39, 0.29) is 12.2 Å². The van der Waals surface area contributed by atoms with Gasteiger partial charge in [-0.2, -0.15) is 5.26 Å². The highest BCUT2D eigenvalue weighted by atomic mass is 79.9. The van der Waals surface area contributed by atoms with Crippen LogP contribution in [0.25, 0.3) is 6.08 Å². The van der Waals surface area contributed by atoms with Gasteiger partial charge in [-0.3, -0.25) is 4.79 Å². The average molecular weight is 537 g/mol. The van der Waals surface area contributed by atoms with Crippen molar-refractivity contribution in [3.63, 3.8) is 0 Å². The second-order valence-corrected chi connectivity index (χ2v) is 8.53. The van der Waals surface area contributed by atoms with Crippen LogP contribution >= 0.6 is 50.7 Å². The van der Waals surface area contributed by atoms with Crippen LogP contribution in [0, 0.1) is 11.3 Å². The molecule has 0 unspecified atom stereocenters. The largest absolute Gasteiger partial charge is 0.488 e. The van der Waals surface area contributed by atoms with E-state index in [1.54, 1.807) is 60.7 Å². The van der Waals surface area contributed by atoms with Crippen molar-refractivity contribution < 1.29 is 9.53 Å². The summed E-state index contributed by atoms with van der Waals surface area (Å²) < 4.78 is 6.68. The van der Waals surface area contributed by atoms with Gasteiger partial charge in [-0.15, -0.1) is 0 Å². The Morgan fingerprint density at radius 2 is 1.74 bits per heavy atom. The van der Waals surface area contributed by atoms with E-state index in [4.69, 9.17) is 39.5 Å². The van der Waals surface area contributed by atoms with Gasteiger partial charge in [0.2, 0.25) is 0 Å². The fourth-order valence-corrected chi connectivity index (χ4v) is 3.56. The van der Waals surface area contributed by atoms with E-state index in [0.717, 1.165) is 10.0 Å². The predicted octanol–water partition coefficient (Wildman–Crippen LogP) is 7.53. The lowest BCUT2D eigenvalue weighted by Crippen LogP contribution is -2.13. The summed E-state index contributed by atoms with van der Waals surface area (Å²) in [5.74, 6) is -0.0576. The summed E-state index contributed by atoms with van der Waals surface area (Å²) in [5.41, 5.74) is 1.76. The maximum absolute atomic E-state index is 12.6. The molecular weight excluding hydrogens is 523 g/mol. The van der Waals surface area contributed by atoms with Gasteiger partial charge in [0.25, 0.3) is 5.91 Å². The number of carbonyl (C=O) groups excluding carboxylic acids is 1. The molecule has 8 heteroatoms. The maximum atomic E-state index is 12.6. The van der Waals surface area contributed by atoms with Gasteiger partial charge >= 0.3 is 0 Å². The van der Waals surface area contributed by atoms with Crippen LogP contribution in [0.3, 0.4) is 0 Å². The molecule has 0 aliphatic rings. The third-order valence-corrected chi connectivity index (χ3v) is 5.47. The lowest BCUT2D eigenvalue weighted by atomic mass is 10.1. The molecule has 0 radical (unpaired) electrons. The zero-order chi connectivity index (χ0) is 22.4. The minimum Gasteiger partial charge on any atom is -0.488 e. The quantitative estimate of drug-likeness (QED) is 0.262. The average Bonchev–Trinajstić information content (AvgIpc) is 2.74. The van der Waals surface area contributed by atoms with Gasteiger partial charge in [-0.25, -0.2) is 0 Å². The number of carbonyl (C=O) groups is 1. The van der Waals surface area contributed by atoms with Crippen LogP contribution < -0.4 is 10.1 Å². The number of hydrogen-bond donors (Lipinski definition) is 1. The molecule has 0 aromatic heterocycles. The van der Waals surface area contributed by atoms with Crippen LogP contribution in [0.1, 0.15) is 11.1 Å². The minimum absolute atomic E-state index is 0.0811. The number of ether oxygens (including phenoxy) is 1. The van der Waals surface area contributed by atoms with Crippen LogP contribution in [-0.2, 0) is 11.4 Å². The summed E-state index contributed by atoms with van der Waals surface area (Å²) in [4.78, 5) is 12.6. The fraction of sp³-hybridized carbons (Fsp3) is 0.0435. The smallest absolute Gasteiger partial charge is 0.266 e. The topological polar surface area (TPSA) is 62.1 Å². The summed E-state index contributed by atoms with van der Waals surface area (Å²) in [6, 6.07) is 19.0. The standard InChI is InChI=1S/C23H14BrCl3N2O2/c24-17-2-8-22(31-13-14-1-3-19(26)11-21(14)27)15(10-17)9-16(12-28)23(30)29-20-6-4-18(25)5-7-20/h1-11H,13H2,(H,29,30)/b16-9+. The van der Waals surface area contributed by atoms with Gasteiger partial charge in [-0.05, 0) is 60.7 Å². The van der Waals surface area contributed by atoms with E-state index < -0.39 is 5.91 Å². The van der Waals surface area contributed by atoms with Crippen LogP contribution in [0.4, 0.5) is 5.69 Å². The van der Waals surface area contributed by atoms with Gasteiger partial charge in [0, 0.05) is 36.4 Å². The number of nitrogens with zero attached hydrogens (tertiary/aromatic N) is 1. The molecule has 1 N–H and O–H groups in total. The highest BCUT2D eigenvalue weighted by Gasteiger charge is 2.13. The van der Waals surface area contributed by atoms with E-state index >= 15 is 0 Å². The van der Waals surface area contributed by atoms with Crippen molar-refractivity contribution in [2.24, 2.45) is 0 Å². The summed E-state index contributed by atoms with van der Waals surface area (Å²) >= 11 is 21.4. The third kappa shape index (κ3) is 6.49. The van der Waals surface area contributed by atoms with Crippen LogP contribution in [-0.4, -0.2) is 5.91 Å². The second-order valence-electron chi connectivity index (χ2n) is 6.34. The number of nitriles is 1. The van der Waals surface area contributed by atoms with Crippen molar-refractivity contribution in [1.29, 1.82) is 5.26 Å². The Labute approximate surface area is 203 Å². The second kappa shape index (κ2) is 10.7. The summed E-state index contributed by atoms with van der Waals surface area (Å²) in [6.07, 6.45) is 1.47. The van der Waals surface area contributed by atoms with E-state index in [2.05, 4.69) is 21.2 Å². The molecule has 0 saturated heterocycles. The number of rotatable bonds is 6. The molecule has 0 spiro atoms. The molecule has 31 heavy (non-hydrogen) atoms. The molecule has 1 amide bonds. The zero-order valence-electron chi connectivity index (χ0n) is 15.8. The molecule has 0 fully saturated rings. The van der Waals surface area contributed by atoms with Gasteiger partial charge < -0.3 is 10.1 Å². The SMILES string of the molecule is N#C/C(=C\c1cc(Br)ccc1OCc1ccc(Cl)cc1Cl)C(=O)Nc1ccc(Cl)cc1. The normalized spacial score (nSPS) is 11.0. The van der Waals surface area contributed by atoms with Crippen LogP contribution in [0.5, 0.6) is 5.75 Å². The van der Waals surface area contributed by atoms with E-state index in [9.17, 15) is 10.1 Å². The number of halogens is 4. The number of amides is 1. The van der Waals surface area contributed by atoms with Crippen molar-refractivity contribution in [1.82, 2.24) is 0 Å². The van der Waals surface area contributed by atoms with Gasteiger partial charge in [-0.1, -0.05) is 56.8 Å². The molecule has 0 saturated carbocycles. The lowest BCUT2D eigenvalue weighted by molar-refractivity contribution is -0.112. The summed E-state index contributed by atoms with van der Waals surface area (Å²) in [6.45, 7) is 0.192. The molecule has 3 aromatic carbocycles. The third-order valence-electron chi connectivity index (χ3n) is 4.14. The molecular formula is C23H14BrCl3N2O2. The minimum atomic E-state index is -0.545. The number of anilines is 1. The van der Waals surface area contributed by atoms with E-state index in [1.165, 1.54) is 6.08 Å². The molecule has 0 aliphatic heterocycles. The molecule has 156 valence electrons. The van der Waals surface area contributed by atoms with Crippen LogP contribution in [0.2, 0.25) is 15.1 Å². The molecule has 0 atom stereocenters. The van der Waals surface area contributed by atoms with Gasteiger partial charge in [0.15, 0.2) is 0 Å². The Balaban J connectivity index is 1.83. The Hall–Kier alpha value is -2.49. The van der Waals surface area contributed by atoms with Crippen LogP contribution in [0.15, 0.2) is 70.7 Å². The maximum Gasteiger partial charge on any atom is 0.266 e. The Morgan fingerprint density at radius 3 is 2.42 bits per heavy atom. The first kappa shape index (κ1) is 23.2. The van der Waals surface area contributed by atoms with Gasteiger partial charge in [0.1, 0.15) is 24.0 Å². The number of benzene rings is 3. The van der Waals surface area contributed by atoms with Crippen molar-refractivity contribution in [3.05, 3.63) is 96.9 Å². The Bertz CT molecular complexity index is 1190. The van der Waals surface area contributed by atoms with E-state index in [0.29, 0.717) is 32.1 Å². The summed E-state index contributed by atoms with van der Waals surface area (Å²) in [7, 11) is 0. The molecule has 0 bridgehead atoms. The molecule has 3 aromatic rings. The summed E-state index contributed by atoms with van der Waals surface area (Å²) in [5, 5.41) is 13.8. The Morgan fingerprint density at radius 1 is 1.03 bits per heavy atom. The predicted molar refractivity (Wildman–Crippen MR) is 129 cm³/mol. The van der Waals surface area contributed by atoms with Crippen molar-refractivity contribution in [3.8, 4) is 11.8 Å². The number of nitrogens with one attached hydrogen (secondary N) is 1. The van der Waals surface area contributed by atoms with Gasteiger partial charge in [0.05, 0.1) is 0 Å². The first-order chi connectivity index (χ1) is 14.9. The Kier molecular flexibility index (Phi) is 8.00. The number of hydrogen-bond acceptors (Lipinski definition) is 3. The van der Waals surface area contributed by atoms with E-state index in [1.807, 2.05) is 6.07 Å². The molecule has 3 rings (SSSR count). The molecule has 4 nitrogen and oxygen atoms in total. The molecule has 0 heterocycles. The van der Waals surface area contributed by atoms with Crippen molar-refractivity contribution in [2.75, 3.05) is 5.32 Å². The zero-order valence-corrected chi connectivity index (χ0v) is 19.7. The highest BCUT2D eigenvalue weighted by molar-refractivity contribution is 9.10. The van der Waals surface area contributed by atoms with Crippen molar-refractivity contribution in [2.45, 2.75) is 6.61 Å². The first-order valence-electron chi connectivity index (χ1n) is 8.90. The molecule has 0 aliphatic carbocycles. The lowest BCUT2D eigenvalue weighted by Gasteiger charge is -2.12. The highest BCUT2D eigenvalue weighted by Crippen LogP contribution is 2.28. The monoisotopic (exact) mass is 534 g/mol. The fourth-order valence-electron chi connectivity index (χ4n) is 2.59. The van der Waals surface area contributed by atoms with Crippen molar-refractivity contribution >= 4 is 68.4 Å². The first-order valence-corrected chi connectivity index (χ1v) is 10.8.